The van der Waals surface area contributed by atoms with Gasteiger partial charge < -0.3 is 5.32 Å². The molecule has 0 heterocycles. The van der Waals surface area contributed by atoms with Crippen molar-refractivity contribution in [2.45, 2.75) is 33.1 Å². The van der Waals surface area contributed by atoms with Gasteiger partial charge in [-0.2, -0.15) is 0 Å². The third kappa shape index (κ3) is 4.28. The third-order valence-corrected chi connectivity index (χ3v) is 4.52. The van der Waals surface area contributed by atoms with Crippen molar-refractivity contribution in [1.82, 2.24) is 5.32 Å². The second-order valence-corrected chi connectivity index (χ2v) is 7.01. The Labute approximate surface area is 124 Å². The van der Waals surface area contributed by atoms with Gasteiger partial charge in [0.1, 0.15) is 5.82 Å². The van der Waals surface area contributed by atoms with E-state index in [1.54, 1.807) is 12.1 Å². The maximum atomic E-state index is 13.7. The van der Waals surface area contributed by atoms with Gasteiger partial charge in [-0.3, -0.25) is 0 Å². The van der Waals surface area contributed by atoms with Gasteiger partial charge in [-0.05, 0) is 73.9 Å². The highest BCUT2D eigenvalue weighted by molar-refractivity contribution is 9.10. The Morgan fingerprint density at radius 1 is 1.32 bits per heavy atom. The van der Waals surface area contributed by atoms with Gasteiger partial charge >= 0.3 is 0 Å². The first-order valence-corrected chi connectivity index (χ1v) is 8.00. The second kappa shape index (κ2) is 6.85. The molecule has 1 fully saturated rings. The molecule has 0 aliphatic heterocycles. The summed E-state index contributed by atoms with van der Waals surface area (Å²) >= 11 is 3.42. The maximum Gasteiger partial charge on any atom is 0.126 e. The fraction of sp³-hybridized carbons (Fsp3) is 0.625. The smallest absolute Gasteiger partial charge is 0.126 e. The van der Waals surface area contributed by atoms with Crippen LogP contribution in [0.15, 0.2) is 22.7 Å². The van der Waals surface area contributed by atoms with Crippen LogP contribution in [0.2, 0.25) is 0 Å². The zero-order chi connectivity index (χ0) is 13.8. The van der Waals surface area contributed by atoms with Crippen LogP contribution in [0.5, 0.6) is 0 Å². The number of hydrogen-bond donors (Lipinski definition) is 1. The van der Waals surface area contributed by atoms with Crippen LogP contribution in [0.3, 0.4) is 0 Å². The van der Waals surface area contributed by atoms with Crippen LogP contribution < -0.4 is 5.32 Å². The van der Waals surface area contributed by atoms with Crippen LogP contribution in [-0.4, -0.2) is 13.1 Å². The average molecular weight is 328 g/mol. The minimum absolute atomic E-state index is 0.0658. The van der Waals surface area contributed by atoms with E-state index in [9.17, 15) is 4.39 Å². The molecule has 0 spiro atoms. The number of nitrogens with one attached hydrogen (secondary N) is 1. The lowest BCUT2D eigenvalue weighted by molar-refractivity contribution is 0.168. The van der Waals surface area contributed by atoms with Gasteiger partial charge in [0.25, 0.3) is 0 Å². The molecule has 0 radical (unpaired) electrons. The molecular formula is C16H23BrFN. The van der Waals surface area contributed by atoms with Crippen molar-refractivity contribution in [2.24, 2.45) is 17.8 Å². The number of benzene rings is 1. The van der Waals surface area contributed by atoms with E-state index in [2.05, 4.69) is 35.1 Å². The molecule has 1 aromatic carbocycles. The molecule has 3 heteroatoms. The molecule has 1 N–H and O–H groups in total. The molecule has 1 nitrogen and oxygen atoms in total. The largest absolute Gasteiger partial charge is 0.316 e. The zero-order valence-corrected chi connectivity index (χ0v) is 13.3. The molecule has 2 rings (SSSR count). The van der Waals surface area contributed by atoms with Crippen molar-refractivity contribution in [2.75, 3.05) is 13.1 Å². The van der Waals surface area contributed by atoms with Gasteiger partial charge in [-0.1, -0.05) is 29.8 Å². The van der Waals surface area contributed by atoms with Crippen LogP contribution >= 0.6 is 15.9 Å². The topological polar surface area (TPSA) is 12.0 Å². The molecule has 2 atom stereocenters. The number of halogens is 2. The van der Waals surface area contributed by atoms with Crippen molar-refractivity contribution < 1.29 is 4.39 Å². The predicted molar refractivity (Wildman–Crippen MR) is 81.7 cm³/mol. The molecule has 1 aromatic rings. The summed E-state index contributed by atoms with van der Waals surface area (Å²) in [5, 5.41) is 3.53. The Balaban J connectivity index is 1.84. The van der Waals surface area contributed by atoms with Crippen LogP contribution in [0, 0.1) is 23.6 Å². The molecule has 0 aromatic heterocycles. The highest BCUT2D eigenvalue weighted by Crippen LogP contribution is 2.37. The first-order chi connectivity index (χ1) is 9.06. The van der Waals surface area contributed by atoms with Crippen LogP contribution in [-0.2, 0) is 6.42 Å². The van der Waals surface area contributed by atoms with Gasteiger partial charge in [0, 0.05) is 4.47 Å². The SMILES string of the molecule is CC(C)CNCC1CCC1Cc1cc(Br)ccc1F. The molecule has 0 bridgehead atoms. The Kier molecular flexibility index (Phi) is 5.40. The molecule has 0 amide bonds. The van der Waals surface area contributed by atoms with E-state index in [0.29, 0.717) is 11.8 Å². The summed E-state index contributed by atoms with van der Waals surface area (Å²) in [7, 11) is 0. The van der Waals surface area contributed by atoms with Gasteiger partial charge in [-0.25, -0.2) is 4.39 Å². The van der Waals surface area contributed by atoms with Crippen molar-refractivity contribution in [3.8, 4) is 0 Å². The monoisotopic (exact) mass is 327 g/mol. The van der Waals surface area contributed by atoms with E-state index in [1.807, 2.05) is 6.07 Å². The molecule has 0 saturated heterocycles. The lowest BCUT2D eigenvalue weighted by Crippen LogP contribution is -2.37. The van der Waals surface area contributed by atoms with Gasteiger partial charge in [0.2, 0.25) is 0 Å². The van der Waals surface area contributed by atoms with E-state index in [4.69, 9.17) is 0 Å². The van der Waals surface area contributed by atoms with Crippen molar-refractivity contribution in [1.29, 1.82) is 0 Å². The van der Waals surface area contributed by atoms with Gasteiger partial charge in [0.15, 0.2) is 0 Å². The minimum Gasteiger partial charge on any atom is -0.316 e. The molecule has 1 aliphatic carbocycles. The first kappa shape index (κ1) is 15.0. The number of rotatable bonds is 6. The third-order valence-electron chi connectivity index (χ3n) is 4.02. The Morgan fingerprint density at radius 2 is 2.05 bits per heavy atom. The van der Waals surface area contributed by atoms with E-state index in [0.717, 1.165) is 35.5 Å². The maximum absolute atomic E-state index is 13.7. The van der Waals surface area contributed by atoms with E-state index in [-0.39, 0.29) is 5.82 Å². The molecular weight excluding hydrogens is 305 g/mol. The zero-order valence-electron chi connectivity index (χ0n) is 11.8. The Hall–Kier alpha value is -0.410. The van der Waals surface area contributed by atoms with Crippen molar-refractivity contribution in [3.05, 3.63) is 34.1 Å². The van der Waals surface area contributed by atoms with Gasteiger partial charge in [-0.15, -0.1) is 0 Å². The summed E-state index contributed by atoms with van der Waals surface area (Å²) in [6, 6.07) is 5.25. The van der Waals surface area contributed by atoms with Crippen LogP contribution in [0.4, 0.5) is 4.39 Å². The van der Waals surface area contributed by atoms with Crippen molar-refractivity contribution >= 4 is 15.9 Å². The average Bonchev–Trinajstić information content (AvgIpc) is 2.34. The Morgan fingerprint density at radius 3 is 2.68 bits per heavy atom. The van der Waals surface area contributed by atoms with Crippen LogP contribution in [0.25, 0.3) is 0 Å². The predicted octanol–water partition coefficient (Wildman–Crippen LogP) is 4.40. The normalized spacial score (nSPS) is 22.6. The van der Waals surface area contributed by atoms with Crippen molar-refractivity contribution in [3.63, 3.8) is 0 Å². The van der Waals surface area contributed by atoms with E-state index in [1.165, 1.54) is 12.8 Å². The molecule has 106 valence electrons. The summed E-state index contributed by atoms with van der Waals surface area (Å²) < 4.78 is 14.7. The fourth-order valence-corrected chi connectivity index (χ4v) is 3.12. The highest BCUT2D eigenvalue weighted by atomic mass is 79.9. The van der Waals surface area contributed by atoms with E-state index < -0.39 is 0 Å². The fourth-order valence-electron chi connectivity index (χ4n) is 2.72. The lowest BCUT2D eigenvalue weighted by Gasteiger charge is -2.37. The summed E-state index contributed by atoms with van der Waals surface area (Å²) in [5.41, 5.74) is 0.855. The number of hydrogen-bond acceptors (Lipinski definition) is 1. The Bertz CT molecular complexity index is 419. The molecule has 19 heavy (non-hydrogen) atoms. The summed E-state index contributed by atoms with van der Waals surface area (Å²) in [5.74, 6) is 1.99. The van der Waals surface area contributed by atoms with E-state index >= 15 is 0 Å². The lowest BCUT2D eigenvalue weighted by atomic mass is 9.70. The quantitative estimate of drug-likeness (QED) is 0.816. The summed E-state index contributed by atoms with van der Waals surface area (Å²) in [6.45, 7) is 6.61. The second-order valence-electron chi connectivity index (χ2n) is 6.09. The molecule has 1 saturated carbocycles. The standard InChI is InChI=1S/C16H23BrFN/c1-11(2)9-19-10-13-4-3-12(13)7-14-8-15(17)5-6-16(14)18/h5-6,8,11-13,19H,3-4,7,9-10H2,1-2H3. The minimum atomic E-state index is -0.0658. The van der Waals surface area contributed by atoms with Crippen LogP contribution in [0.1, 0.15) is 32.3 Å². The van der Waals surface area contributed by atoms with Gasteiger partial charge in [0.05, 0.1) is 0 Å². The summed E-state index contributed by atoms with van der Waals surface area (Å²) in [4.78, 5) is 0. The highest BCUT2D eigenvalue weighted by Gasteiger charge is 2.30. The summed E-state index contributed by atoms with van der Waals surface area (Å²) in [6.07, 6.45) is 3.39. The molecule has 2 unspecified atom stereocenters. The molecule has 1 aliphatic rings. The first-order valence-electron chi connectivity index (χ1n) is 7.21.